The van der Waals surface area contributed by atoms with Crippen LogP contribution in [-0.2, 0) is 19.0 Å². The van der Waals surface area contributed by atoms with Gasteiger partial charge in [0.05, 0.1) is 18.2 Å². The molecular weight excluding hydrogens is 394 g/mol. The normalized spacial score (nSPS) is 26.3. The Kier molecular flexibility index (Phi) is 5.18. The van der Waals surface area contributed by atoms with Crippen molar-refractivity contribution in [1.82, 2.24) is 4.90 Å². The molecule has 6 nitrogen and oxygen atoms in total. The summed E-state index contributed by atoms with van der Waals surface area (Å²) in [5, 5.41) is 0. The molecule has 2 aliphatic heterocycles. The summed E-state index contributed by atoms with van der Waals surface area (Å²) < 4.78 is 17.1. The molecule has 2 saturated heterocycles. The molecule has 0 saturated carbocycles. The Bertz CT molecular complexity index is 959. The number of nitrogens with zero attached hydrogens (tertiary/aromatic N) is 1. The van der Waals surface area contributed by atoms with Gasteiger partial charge in [-0.05, 0) is 42.0 Å². The smallest absolute Gasteiger partial charge is 0.410 e. The molecule has 0 spiro atoms. The minimum atomic E-state index is -0.343. The predicted molar refractivity (Wildman–Crippen MR) is 115 cm³/mol. The van der Waals surface area contributed by atoms with Crippen molar-refractivity contribution in [2.24, 2.45) is 0 Å². The summed E-state index contributed by atoms with van der Waals surface area (Å²) >= 11 is 0. The molecule has 2 fully saturated rings. The lowest BCUT2D eigenvalue weighted by Gasteiger charge is -2.42. The minimum absolute atomic E-state index is 0.00534. The zero-order chi connectivity index (χ0) is 21.5. The van der Waals surface area contributed by atoms with Crippen molar-refractivity contribution in [3.63, 3.8) is 0 Å². The highest BCUT2D eigenvalue weighted by molar-refractivity contribution is 5.79. The number of carbonyl (C=O) groups excluding carboxylic acids is 2. The van der Waals surface area contributed by atoms with Crippen molar-refractivity contribution in [2.45, 2.75) is 56.9 Å². The Morgan fingerprint density at radius 2 is 1.55 bits per heavy atom. The first-order chi connectivity index (χ1) is 15.0. The fourth-order valence-corrected chi connectivity index (χ4v) is 5.44. The number of esters is 1. The first-order valence-corrected chi connectivity index (χ1v) is 11.0. The van der Waals surface area contributed by atoms with Gasteiger partial charge in [0.25, 0.3) is 0 Å². The second-order valence-corrected chi connectivity index (χ2v) is 8.61. The average molecular weight is 421 g/mol. The highest BCUT2D eigenvalue weighted by Gasteiger charge is 2.50. The first-order valence-electron chi connectivity index (χ1n) is 11.0. The van der Waals surface area contributed by atoms with E-state index in [-0.39, 0.29) is 48.9 Å². The number of rotatable bonds is 4. The van der Waals surface area contributed by atoms with E-state index in [1.54, 1.807) is 0 Å². The van der Waals surface area contributed by atoms with E-state index in [1.807, 2.05) is 36.1 Å². The molecule has 0 N–H and O–H groups in total. The summed E-state index contributed by atoms with van der Waals surface area (Å²) in [6, 6.07) is 16.5. The van der Waals surface area contributed by atoms with Crippen LogP contribution in [0.25, 0.3) is 11.1 Å². The molecule has 2 aromatic rings. The topological polar surface area (TPSA) is 65.1 Å². The minimum Gasteiger partial charge on any atom is -0.463 e. The molecule has 0 radical (unpaired) electrons. The van der Waals surface area contributed by atoms with Crippen LogP contribution in [0.4, 0.5) is 4.79 Å². The van der Waals surface area contributed by atoms with Gasteiger partial charge in [-0.15, -0.1) is 0 Å². The second kappa shape index (κ2) is 8.00. The molecule has 162 valence electrons. The van der Waals surface area contributed by atoms with Crippen LogP contribution in [0.15, 0.2) is 48.5 Å². The monoisotopic (exact) mass is 421 g/mol. The molecule has 3 aliphatic rings. The molecule has 2 bridgehead atoms. The van der Waals surface area contributed by atoms with Gasteiger partial charge >= 0.3 is 12.1 Å². The lowest BCUT2D eigenvalue weighted by Crippen LogP contribution is -2.58. The third-order valence-corrected chi connectivity index (χ3v) is 6.83. The van der Waals surface area contributed by atoms with Crippen LogP contribution in [0.5, 0.6) is 0 Å². The maximum Gasteiger partial charge on any atom is 0.410 e. The molecule has 2 unspecified atom stereocenters. The molecule has 2 aromatic carbocycles. The van der Waals surface area contributed by atoms with E-state index in [2.05, 4.69) is 24.3 Å². The number of benzene rings is 2. The lowest BCUT2D eigenvalue weighted by atomic mass is 9.98. The van der Waals surface area contributed by atoms with Gasteiger partial charge in [0.1, 0.15) is 19.3 Å². The van der Waals surface area contributed by atoms with Crippen molar-refractivity contribution in [1.29, 1.82) is 0 Å². The Morgan fingerprint density at radius 1 is 0.935 bits per heavy atom. The van der Waals surface area contributed by atoms with Crippen LogP contribution >= 0.6 is 0 Å². The fraction of sp³-hybridized carbons (Fsp3) is 0.440. The fourth-order valence-electron chi connectivity index (χ4n) is 5.44. The van der Waals surface area contributed by atoms with Gasteiger partial charge in [0.15, 0.2) is 0 Å². The number of hydrogen-bond donors (Lipinski definition) is 0. The van der Waals surface area contributed by atoms with Crippen molar-refractivity contribution >= 4 is 12.1 Å². The highest BCUT2D eigenvalue weighted by atomic mass is 16.6. The van der Waals surface area contributed by atoms with Crippen molar-refractivity contribution < 1.29 is 23.8 Å². The zero-order valence-electron chi connectivity index (χ0n) is 17.8. The van der Waals surface area contributed by atoms with Gasteiger partial charge in [-0.25, -0.2) is 4.79 Å². The average Bonchev–Trinajstić information content (AvgIpc) is 3.30. The van der Waals surface area contributed by atoms with Gasteiger partial charge in [0, 0.05) is 12.8 Å². The largest absolute Gasteiger partial charge is 0.463 e. The molecule has 6 heteroatoms. The van der Waals surface area contributed by atoms with Crippen LogP contribution in [-0.4, -0.2) is 54.5 Å². The standard InChI is InChI=1S/C25H27NO5/c1-15-22-11-12-23(24(31-15)14-29-16(2)27)26(22)25(28)30-13-21-19-9-5-3-7-17(19)18-8-4-6-10-20(18)21/h3-10,15,21-24H,11-14H2,1-2H3/t15-,22?,23?,24+/m0/s1. The Balaban J connectivity index is 1.32. The van der Waals surface area contributed by atoms with Gasteiger partial charge < -0.3 is 14.2 Å². The van der Waals surface area contributed by atoms with E-state index < -0.39 is 0 Å². The maximum absolute atomic E-state index is 13.2. The first kappa shape index (κ1) is 20.1. The van der Waals surface area contributed by atoms with Crippen LogP contribution in [0.2, 0.25) is 0 Å². The third kappa shape index (κ3) is 3.49. The van der Waals surface area contributed by atoms with E-state index in [4.69, 9.17) is 14.2 Å². The number of morpholine rings is 1. The maximum atomic E-state index is 13.2. The van der Waals surface area contributed by atoms with Gasteiger partial charge in [0.2, 0.25) is 0 Å². The van der Waals surface area contributed by atoms with Crippen LogP contribution in [0, 0.1) is 0 Å². The van der Waals surface area contributed by atoms with E-state index >= 15 is 0 Å². The van der Waals surface area contributed by atoms with Gasteiger partial charge in [-0.2, -0.15) is 0 Å². The Labute approximate surface area is 182 Å². The van der Waals surface area contributed by atoms with Crippen molar-refractivity contribution in [2.75, 3.05) is 13.2 Å². The SMILES string of the molecule is CC(=O)OC[C@H]1O[C@@H](C)C2CCC1N2C(=O)OCC1c2ccccc2-c2ccccc21. The van der Waals surface area contributed by atoms with Crippen molar-refractivity contribution in [3.8, 4) is 11.1 Å². The van der Waals surface area contributed by atoms with Gasteiger partial charge in [-0.3, -0.25) is 9.69 Å². The number of carbonyl (C=O) groups is 2. The number of fused-ring (bicyclic) bond motifs is 5. The summed E-state index contributed by atoms with van der Waals surface area (Å²) in [7, 11) is 0. The summed E-state index contributed by atoms with van der Waals surface area (Å²) in [6.45, 7) is 3.81. The molecular formula is C25H27NO5. The Morgan fingerprint density at radius 3 is 2.19 bits per heavy atom. The van der Waals surface area contributed by atoms with Gasteiger partial charge in [-0.1, -0.05) is 48.5 Å². The zero-order valence-corrected chi connectivity index (χ0v) is 17.8. The molecule has 5 rings (SSSR count). The molecule has 31 heavy (non-hydrogen) atoms. The predicted octanol–water partition coefficient (Wildman–Crippen LogP) is 4.12. The summed E-state index contributed by atoms with van der Waals surface area (Å²) in [5.41, 5.74) is 4.81. The van der Waals surface area contributed by atoms with E-state index in [1.165, 1.54) is 29.2 Å². The molecule has 2 heterocycles. The molecule has 1 aliphatic carbocycles. The lowest BCUT2D eigenvalue weighted by molar-refractivity contribution is -0.158. The van der Waals surface area contributed by atoms with Crippen molar-refractivity contribution in [3.05, 3.63) is 59.7 Å². The second-order valence-electron chi connectivity index (χ2n) is 8.61. The number of amides is 1. The molecule has 1 amide bonds. The summed E-state index contributed by atoms with van der Waals surface area (Å²) in [6.07, 6.45) is 0.938. The van der Waals surface area contributed by atoms with E-state index in [0.29, 0.717) is 6.61 Å². The third-order valence-electron chi connectivity index (χ3n) is 6.83. The van der Waals surface area contributed by atoms with Crippen LogP contribution in [0.3, 0.4) is 0 Å². The number of ether oxygens (including phenoxy) is 3. The van der Waals surface area contributed by atoms with Crippen LogP contribution < -0.4 is 0 Å². The molecule has 4 atom stereocenters. The Hall–Kier alpha value is -2.86. The summed E-state index contributed by atoms with van der Waals surface area (Å²) in [4.78, 5) is 26.3. The van der Waals surface area contributed by atoms with E-state index in [0.717, 1.165) is 12.8 Å². The number of hydrogen-bond acceptors (Lipinski definition) is 5. The summed E-state index contributed by atoms with van der Waals surface area (Å²) in [5.74, 6) is -0.312. The van der Waals surface area contributed by atoms with E-state index in [9.17, 15) is 9.59 Å². The highest BCUT2D eigenvalue weighted by Crippen LogP contribution is 2.45. The quantitative estimate of drug-likeness (QED) is 0.695. The molecule has 0 aromatic heterocycles. The van der Waals surface area contributed by atoms with Crippen LogP contribution in [0.1, 0.15) is 43.7 Å².